The average molecular weight is 187 g/mol. The molecule has 0 bridgehead atoms. The van der Waals surface area contributed by atoms with Gasteiger partial charge in [0.2, 0.25) is 0 Å². The summed E-state index contributed by atoms with van der Waals surface area (Å²) in [6, 6.07) is 1.42. The Morgan fingerprint density at radius 2 is 1.31 bits per heavy atom. The zero-order chi connectivity index (χ0) is 10.4. The molecule has 0 amide bonds. The molecule has 0 aliphatic carbocycles. The van der Waals surface area contributed by atoms with E-state index in [0.717, 1.165) is 12.8 Å². The van der Waals surface area contributed by atoms with Gasteiger partial charge < -0.3 is 5.11 Å². The maximum Gasteiger partial charge on any atom is 0.0584 e. The predicted molar refractivity (Wildman–Crippen MR) is 57.9 cm³/mol. The summed E-state index contributed by atoms with van der Waals surface area (Å²) in [5.41, 5.74) is 0. The molecule has 0 rings (SSSR count). The van der Waals surface area contributed by atoms with Crippen molar-refractivity contribution in [2.24, 2.45) is 0 Å². The number of hydrogen-bond donors (Lipinski definition) is 1. The van der Waals surface area contributed by atoms with E-state index in [1.165, 1.54) is 0 Å². The van der Waals surface area contributed by atoms with E-state index in [-0.39, 0.29) is 12.6 Å². The van der Waals surface area contributed by atoms with Gasteiger partial charge in [0.1, 0.15) is 0 Å². The summed E-state index contributed by atoms with van der Waals surface area (Å²) in [5, 5.41) is 9.15. The Morgan fingerprint density at radius 1 is 0.923 bits per heavy atom. The van der Waals surface area contributed by atoms with Crippen molar-refractivity contribution in [3.05, 3.63) is 0 Å². The molecule has 0 aliphatic heterocycles. The van der Waals surface area contributed by atoms with E-state index in [2.05, 4.69) is 39.5 Å². The largest absolute Gasteiger partial charge is 0.395 e. The van der Waals surface area contributed by atoms with Crippen molar-refractivity contribution in [1.82, 2.24) is 4.90 Å². The number of nitrogens with zero attached hydrogens (tertiary/aromatic N) is 1. The number of rotatable bonds is 6. The average Bonchev–Trinajstić information content (AvgIpc) is 2.16. The van der Waals surface area contributed by atoms with Crippen LogP contribution in [0.1, 0.15) is 47.5 Å². The quantitative estimate of drug-likeness (QED) is 0.689. The second-order valence-corrected chi connectivity index (χ2v) is 3.99. The summed E-state index contributed by atoms with van der Waals surface area (Å²) >= 11 is 0. The van der Waals surface area contributed by atoms with Crippen molar-refractivity contribution in [2.45, 2.75) is 65.6 Å². The maximum absolute atomic E-state index is 9.15. The molecular weight excluding hydrogens is 162 g/mol. The number of aliphatic hydroxyl groups excluding tert-OH is 1. The van der Waals surface area contributed by atoms with Crippen LogP contribution in [0.4, 0.5) is 0 Å². The first-order valence-electron chi connectivity index (χ1n) is 5.46. The number of hydrogen-bond acceptors (Lipinski definition) is 2. The minimum Gasteiger partial charge on any atom is -0.395 e. The second-order valence-electron chi connectivity index (χ2n) is 3.99. The van der Waals surface area contributed by atoms with Crippen molar-refractivity contribution in [2.75, 3.05) is 6.61 Å². The smallest absolute Gasteiger partial charge is 0.0584 e. The first-order valence-corrected chi connectivity index (χ1v) is 5.46. The molecule has 3 atom stereocenters. The SMILES string of the molecule is CCC(C)N(C(C)CC)C(C)CO. The summed E-state index contributed by atoms with van der Waals surface area (Å²) in [4.78, 5) is 2.42. The number of aliphatic hydroxyl groups is 1. The molecule has 80 valence electrons. The van der Waals surface area contributed by atoms with Gasteiger partial charge in [-0.05, 0) is 33.6 Å². The Kier molecular flexibility index (Phi) is 6.35. The monoisotopic (exact) mass is 187 g/mol. The lowest BCUT2D eigenvalue weighted by atomic mass is 10.1. The van der Waals surface area contributed by atoms with Crippen LogP contribution < -0.4 is 0 Å². The standard InChI is InChI=1S/C11H25NO/c1-6-9(3)12(10(4)7-2)11(5)8-13/h9-11,13H,6-8H2,1-5H3. The van der Waals surface area contributed by atoms with E-state index >= 15 is 0 Å². The van der Waals surface area contributed by atoms with Crippen LogP contribution in [0.2, 0.25) is 0 Å². The summed E-state index contributed by atoms with van der Waals surface area (Å²) in [7, 11) is 0. The molecule has 0 saturated heterocycles. The molecule has 0 saturated carbocycles. The van der Waals surface area contributed by atoms with Crippen molar-refractivity contribution in [3.8, 4) is 0 Å². The van der Waals surface area contributed by atoms with Crippen LogP contribution in [0.15, 0.2) is 0 Å². The minimum atomic E-state index is 0.259. The fourth-order valence-corrected chi connectivity index (χ4v) is 1.82. The van der Waals surface area contributed by atoms with Gasteiger partial charge >= 0.3 is 0 Å². The van der Waals surface area contributed by atoms with Crippen LogP contribution in [-0.4, -0.2) is 34.7 Å². The molecule has 0 aromatic rings. The highest BCUT2D eigenvalue weighted by Gasteiger charge is 2.22. The lowest BCUT2D eigenvalue weighted by Gasteiger charge is -2.38. The molecule has 2 heteroatoms. The van der Waals surface area contributed by atoms with Gasteiger partial charge in [-0.1, -0.05) is 13.8 Å². The molecule has 0 aliphatic rings. The fourth-order valence-electron chi connectivity index (χ4n) is 1.82. The zero-order valence-corrected chi connectivity index (χ0v) is 9.75. The first-order chi connectivity index (χ1) is 6.08. The Bertz CT molecular complexity index is 103. The molecule has 0 heterocycles. The highest BCUT2D eigenvalue weighted by Crippen LogP contribution is 2.15. The van der Waals surface area contributed by atoms with Gasteiger partial charge in [-0.2, -0.15) is 0 Å². The van der Waals surface area contributed by atoms with Gasteiger partial charge in [-0.3, -0.25) is 4.90 Å². The van der Waals surface area contributed by atoms with E-state index < -0.39 is 0 Å². The maximum atomic E-state index is 9.15. The van der Waals surface area contributed by atoms with E-state index in [1.54, 1.807) is 0 Å². The van der Waals surface area contributed by atoms with E-state index in [9.17, 15) is 0 Å². The summed E-state index contributed by atoms with van der Waals surface area (Å²) in [6.45, 7) is 11.2. The lowest BCUT2D eigenvalue weighted by molar-refractivity contribution is 0.0609. The topological polar surface area (TPSA) is 23.5 Å². The molecule has 0 radical (unpaired) electrons. The van der Waals surface area contributed by atoms with Gasteiger partial charge in [0.05, 0.1) is 6.61 Å². The minimum absolute atomic E-state index is 0.259. The van der Waals surface area contributed by atoms with Crippen molar-refractivity contribution in [3.63, 3.8) is 0 Å². The van der Waals surface area contributed by atoms with Crippen LogP contribution in [0.25, 0.3) is 0 Å². The van der Waals surface area contributed by atoms with E-state index in [0.29, 0.717) is 12.1 Å². The first kappa shape index (κ1) is 12.9. The third-order valence-electron chi connectivity index (χ3n) is 2.97. The molecule has 0 spiro atoms. The molecular formula is C11H25NO. The highest BCUT2D eigenvalue weighted by molar-refractivity contribution is 4.77. The molecule has 2 nitrogen and oxygen atoms in total. The Balaban J connectivity index is 4.34. The van der Waals surface area contributed by atoms with Gasteiger partial charge in [0.15, 0.2) is 0 Å². The zero-order valence-electron chi connectivity index (χ0n) is 9.75. The Labute approximate surface area is 82.9 Å². The van der Waals surface area contributed by atoms with E-state index in [1.807, 2.05) is 0 Å². The van der Waals surface area contributed by atoms with Crippen molar-refractivity contribution < 1.29 is 5.11 Å². The molecule has 1 N–H and O–H groups in total. The highest BCUT2D eigenvalue weighted by atomic mass is 16.3. The third-order valence-corrected chi connectivity index (χ3v) is 2.97. The van der Waals surface area contributed by atoms with Crippen LogP contribution in [0.5, 0.6) is 0 Å². The Hall–Kier alpha value is -0.0800. The normalized spacial score (nSPS) is 18.7. The van der Waals surface area contributed by atoms with Crippen molar-refractivity contribution >= 4 is 0 Å². The van der Waals surface area contributed by atoms with Gasteiger partial charge in [-0.15, -0.1) is 0 Å². The van der Waals surface area contributed by atoms with Crippen LogP contribution >= 0.6 is 0 Å². The van der Waals surface area contributed by atoms with Crippen LogP contribution in [-0.2, 0) is 0 Å². The van der Waals surface area contributed by atoms with Crippen LogP contribution in [0.3, 0.4) is 0 Å². The molecule has 3 unspecified atom stereocenters. The van der Waals surface area contributed by atoms with E-state index in [4.69, 9.17) is 5.11 Å². The third kappa shape index (κ3) is 3.65. The summed E-state index contributed by atoms with van der Waals surface area (Å²) < 4.78 is 0. The van der Waals surface area contributed by atoms with Gasteiger partial charge in [-0.25, -0.2) is 0 Å². The predicted octanol–water partition coefficient (Wildman–Crippen LogP) is 2.27. The molecule has 0 aromatic carbocycles. The fraction of sp³-hybridized carbons (Fsp3) is 1.00. The van der Waals surface area contributed by atoms with Gasteiger partial charge in [0.25, 0.3) is 0 Å². The second kappa shape index (κ2) is 6.39. The lowest BCUT2D eigenvalue weighted by Crippen LogP contribution is -2.47. The van der Waals surface area contributed by atoms with Gasteiger partial charge in [0, 0.05) is 18.1 Å². The molecule has 13 heavy (non-hydrogen) atoms. The van der Waals surface area contributed by atoms with Crippen LogP contribution in [0, 0.1) is 0 Å². The van der Waals surface area contributed by atoms with Crippen molar-refractivity contribution in [1.29, 1.82) is 0 Å². The Morgan fingerprint density at radius 3 is 1.54 bits per heavy atom. The molecule has 0 aromatic heterocycles. The summed E-state index contributed by atoms with van der Waals surface area (Å²) in [6.07, 6.45) is 2.30. The summed E-state index contributed by atoms with van der Waals surface area (Å²) in [5.74, 6) is 0. The molecule has 0 fully saturated rings.